The topological polar surface area (TPSA) is 92.8 Å². The Labute approximate surface area is 216 Å². The summed E-state index contributed by atoms with van der Waals surface area (Å²) in [5.74, 6) is -1.57. The maximum Gasteiger partial charge on any atom is 0.343 e. The average Bonchev–Trinajstić information content (AvgIpc) is 3.12. The lowest BCUT2D eigenvalue weighted by Crippen LogP contribution is -2.32. The monoisotopic (exact) mass is 510 g/mol. The Bertz CT molecular complexity index is 1600. The number of halogens is 1. The minimum Gasteiger partial charge on any atom is -0.423 e. The summed E-state index contributed by atoms with van der Waals surface area (Å²) in [5, 5.41) is 4.31. The summed E-state index contributed by atoms with van der Waals surface area (Å²) in [4.78, 5) is 51.1. The highest BCUT2D eigenvalue weighted by atomic mass is 35.5. The highest BCUT2D eigenvalue weighted by Crippen LogP contribution is 2.34. The molecule has 0 aromatic heterocycles. The Hall–Kier alpha value is -4.75. The van der Waals surface area contributed by atoms with Gasteiger partial charge < -0.3 is 10.1 Å². The molecule has 0 spiro atoms. The molecular formula is C29H19ClN2O5. The van der Waals surface area contributed by atoms with E-state index in [1.54, 1.807) is 48.5 Å². The van der Waals surface area contributed by atoms with Crippen molar-refractivity contribution in [1.29, 1.82) is 0 Å². The molecule has 7 nitrogen and oxygen atoms in total. The van der Waals surface area contributed by atoms with Gasteiger partial charge in [0.25, 0.3) is 11.8 Å². The zero-order chi connectivity index (χ0) is 26.1. The van der Waals surface area contributed by atoms with E-state index in [2.05, 4.69) is 5.32 Å². The molecule has 1 N–H and O–H groups in total. The van der Waals surface area contributed by atoms with Gasteiger partial charge in [0.15, 0.2) is 5.78 Å². The lowest BCUT2D eigenvalue weighted by molar-refractivity contribution is -0.120. The number of anilines is 2. The molecular weight excluding hydrogens is 492 g/mol. The maximum absolute atomic E-state index is 13.2. The highest BCUT2D eigenvalue weighted by Gasteiger charge is 2.39. The van der Waals surface area contributed by atoms with E-state index in [-0.39, 0.29) is 22.1 Å². The third-order valence-corrected chi connectivity index (χ3v) is 6.25. The molecule has 1 aliphatic heterocycles. The van der Waals surface area contributed by atoms with Crippen molar-refractivity contribution in [2.24, 2.45) is 0 Å². The fraction of sp³-hybridized carbons (Fsp3) is 0.0345. The third kappa shape index (κ3) is 4.60. The number of ether oxygens (including phenoxy) is 1. The number of rotatable bonds is 6. The first-order valence-corrected chi connectivity index (χ1v) is 11.7. The summed E-state index contributed by atoms with van der Waals surface area (Å²) in [7, 11) is 0. The Morgan fingerprint density at radius 3 is 2.14 bits per heavy atom. The van der Waals surface area contributed by atoms with Crippen LogP contribution in [0.4, 0.5) is 11.4 Å². The molecule has 0 unspecified atom stereocenters. The second kappa shape index (κ2) is 9.72. The van der Waals surface area contributed by atoms with E-state index in [9.17, 15) is 19.2 Å². The van der Waals surface area contributed by atoms with Crippen molar-refractivity contribution < 1.29 is 23.9 Å². The fourth-order valence-electron chi connectivity index (χ4n) is 3.99. The first-order valence-electron chi connectivity index (χ1n) is 11.3. The summed E-state index contributed by atoms with van der Waals surface area (Å²) in [6, 6.07) is 25.2. The van der Waals surface area contributed by atoms with Crippen molar-refractivity contribution in [2.75, 3.05) is 10.2 Å². The van der Waals surface area contributed by atoms with Crippen molar-refractivity contribution in [1.82, 2.24) is 0 Å². The van der Waals surface area contributed by atoms with Gasteiger partial charge in [-0.25, -0.2) is 9.69 Å². The second-order valence-electron chi connectivity index (χ2n) is 8.31. The standard InChI is InChI=1S/C29H19ClN2O5/c1-17(33)18-11-15-22(16-12-18)37-29(36)20-9-13-21(14-10-20)31-26-25(30)27(34)32(28(26)35)24-8-4-6-19-5-2-3-7-23(19)24/h2-16,31H,1H3. The van der Waals surface area contributed by atoms with Gasteiger partial charge in [-0.2, -0.15) is 0 Å². The number of benzene rings is 4. The molecule has 0 fully saturated rings. The van der Waals surface area contributed by atoms with E-state index < -0.39 is 17.8 Å². The third-order valence-electron chi connectivity index (χ3n) is 5.90. The number of carbonyl (C=O) groups is 4. The van der Waals surface area contributed by atoms with E-state index in [1.807, 2.05) is 30.3 Å². The SMILES string of the molecule is CC(=O)c1ccc(OC(=O)c2ccc(NC3=C(Cl)C(=O)N(c4cccc5ccccc45)C3=O)cc2)cc1. The number of imide groups is 1. The molecule has 8 heteroatoms. The number of Topliss-reactive ketones (excluding diaryl/α,β-unsaturated/α-hetero) is 1. The van der Waals surface area contributed by atoms with Gasteiger partial charge in [-0.15, -0.1) is 0 Å². The average molecular weight is 511 g/mol. The lowest BCUT2D eigenvalue weighted by atomic mass is 10.1. The van der Waals surface area contributed by atoms with Crippen LogP contribution in [0, 0.1) is 0 Å². The van der Waals surface area contributed by atoms with Crippen LogP contribution in [0.1, 0.15) is 27.6 Å². The predicted molar refractivity (Wildman–Crippen MR) is 141 cm³/mol. The fourth-order valence-corrected chi connectivity index (χ4v) is 4.20. The van der Waals surface area contributed by atoms with Crippen LogP contribution in [0.2, 0.25) is 0 Å². The minimum absolute atomic E-state index is 0.0551. The normalized spacial score (nSPS) is 13.3. The van der Waals surface area contributed by atoms with E-state index >= 15 is 0 Å². The number of fused-ring (bicyclic) bond motifs is 1. The van der Waals surface area contributed by atoms with Crippen LogP contribution in [0.25, 0.3) is 10.8 Å². The summed E-state index contributed by atoms with van der Waals surface area (Å²) in [6.07, 6.45) is 0. The smallest absolute Gasteiger partial charge is 0.343 e. The van der Waals surface area contributed by atoms with Gasteiger partial charge in [0.05, 0.1) is 11.3 Å². The molecule has 0 saturated heterocycles. The van der Waals surface area contributed by atoms with Crippen molar-refractivity contribution in [2.45, 2.75) is 6.92 Å². The van der Waals surface area contributed by atoms with Gasteiger partial charge in [-0.3, -0.25) is 14.4 Å². The van der Waals surface area contributed by atoms with Crippen LogP contribution in [-0.2, 0) is 9.59 Å². The van der Waals surface area contributed by atoms with Gasteiger partial charge in [-0.05, 0) is 66.9 Å². The summed E-state index contributed by atoms with van der Waals surface area (Å²) < 4.78 is 5.35. The van der Waals surface area contributed by atoms with Crippen LogP contribution in [0.15, 0.2) is 102 Å². The first kappa shape index (κ1) is 24.0. The molecule has 1 heterocycles. The summed E-state index contributed by atoms with van der Waals surface area (Å²) in [6.45, 7) is 1.45. The minimum atomic E-state index is -0.624. The van der Waals surface area contributed by atoms with Gasteiger partial charge in [0, 0.05) is 16.6 Å². The quantitative estimate of drug-likeness (QED) is 0.155. The van der Waals surface area contributed by atoms with Crippen molar-refractivity contribution in [3.63, 3.8) is 0 Å². The highest BCUT2D eigenvalue weighted by molar-refractivity contribution is 6.53. The molecule has 4 aromatic rings. The van der Waals surface area contributed by atoms with Crippen LogP contribution in [0.3, 0.4) is 0 Å². The lowest BCUT2D eigenvalue weighted by Gasteiger charge is -2.17. The van der Waals surface area contributed by atoms with Crippen molar-refractivity contribution in [3.8, 4) is 5.75 Å². The molecule has 5 rings (SSSR count). The molecule has 37 heavy (non-hydrogen) atoms. The Morgan fingerprint density at radius 2 is 1.43 bits per heavy atom. The maximum atomic E-state index is 13.2. The van der Waals surface area contributed by atoms with Gasteiger partial charge in [-0.1, -0.05) is 48.0 Å². The number of nitrogens with zero attached hydrogens (tertiary/aromatic N) is 1. The Balaban J connectivity index is 1.31. The number of carbonyl (C=O) groups excluding carboxylic acids is 4. The zero-order valence-corrected chi connectivity index (χ0v) is 20.3. The number of amides is 2. The number of hydrogen-bond acceptors (Lipinski definition) is 6. The molecule has 2 amide bonds. The van der Waals surface area contributed by atoms with Gasteiger partial charge >= 0.3 is 5.97 Å². The van der Waals surface area contributed by atoms with Crippen LogP contribution < -0.4 is 15.0 Å². The number of esters is 1. The van der Waals surface area contributed by atoms with Crippen LogP contribution in [-0.4, -0.2) is 23.6 Å². The molecule has 0 bridgehead atoms. The Morgan fingerprint density at radius 1 is 0.784 bits per heavy atom. The molecule has 0 saturated carbocycles. The van der Waals surface area contributed by atoms with Crippen LogP contribution in [0.5, 0.6) is 5.75 Å². The molecule has 0 aliphatic carbocycles. The Kier molecular flexibility index (Phi) is 6.29. The number of ketones is 1. The predicted octanol–water partition coefficient (Wildman–Crippen LogP) is 5.70. The molecule has 182 valence electrons. The van der Waals surface area contributed by atoms with Crippen molar-refractivity contribution >= 4 is 57.3 Å². The number of nitrogens with one attached hydrogen (secondary N) is 1. The van der Waals surface area contributed by atoms with Crippen LogP contribution >= 0.6 is 11.6 Å². The van der Waals surface area contributed by atoms with E-state index in [0.29, 0.717) is 22.7 Å². The molecule has 1 aliphatic rings. The van der Waals surface area contributed by atoms with Gasteiger partial charge in [0.2, 0.25) is 0 Å². The molecule has 0 atom stereocenters. The van der Waals surface area contributed by atoms with Crippen molar-refractivity contribution in [3.05, 3.63) is 113 Å². The molecule has 4 aromatic carbocycles. The summed E-state index contributed by atoms with van der Waals surface area (Å²) in [5.41, 5.74) is 1.63. The summed E-state index contributed by atoms with van der Waals surface area (Å²) >= 11 is 6.28. The van der Waals surface area contributed by atoms with Gasteiger partial charge in [0.1, 0.15) is 16.5 Å². The largest absolute Gasteiger partial charge is 0.423 e. The number of hydrogen-bond donors (Lipinski definition) is 1. The van der Waals surface area contributed by atoms with E-state index in [4.69, 9.17) is 16.3 Å². The molecule has 0 radical (unpaired) electrons. The van der Waals surface area contributed by atoms with E-state index in [1.165, 1.54) is 19.1 Å². The zero-order valence-electron chi connectivity index (χ0n) is 19.5. The second-order valence-corrected chi connectivity index (χ2v) is 8.68. The first-order chi connectivity index (χ1) is 17.8. The van der Waals surface area contributed by atoms with E-state index in [0.717, 1.165) is 15.7 Å².